The molecule has 192 valence electrons. The van der Waals surface area contributed by atoms with Crippen molar-refractivity contribution in [2.75, 3.05) is 26.7 Å². The van der Waals surface area contributed by atoms with Crippen molar-refractivity contribution in [3.8, 4) is 5.75 Å². The number of methoxy groups -OCH3 is 1. The highest BCUT2D eigenvalue weighted by Gasteiger charge is 2.30. The molecule has 0 spiro atoms. The molecular weight excluding hydrogens is 456 g/mol. The second-order valence-electron chi connectivity index (χ2n) is 9.77. The first-order valence-electron chi connectivity index (χ1n) is 12.8. The van der Waals surface area contributed by atoms with Gasteiger partial charge in [-0.25, -0.2) is 9.97 Å². The van der Waals surface area contributed by atoms with E-state index < -0.39 is 12.1 Å². The molecule has 0 aliphatic carbocycles. The van der Waals surface area contributed by atoms with Gasteiger partial charge in [-0.2, -0.15) is 0 Å². The Morgan fingerprint density at radius 3 is 2.81 bits per heavy atom. The average Bonchev–Trinajstić information content (AvgIpc) is 2.91. The van der Waals surface area contributed by atoms with E-state index in [1.165, 1.54) is 0 Å². The molecule has 0 saturated carbocycles. The summed E-state index contributed by atoms with van der Waals surface area (Å²) in [6.45, 7) is 2.90. The van der Waals surface area contributed by atoms with Crippen LogP contribution < -0.4 is 4.74 Å². The first-order valence-corrected chi connectivity index (χ1v) is 12.8. The van der Waals surface area contributed by atoms with Crippen LogP contribution in [0.1, 0.15) is 55.8 Å². The molecule has 3 aromatic rings. The number of aliphatic carboxylic acids is 1. The number of aromatic nitrogens is 3. The predicted molar refractivity (Wildman–Crippen MR) is 138 cm³/mol. The monoisotopic (exact) mass is 492 g/mol. The molecule has 8 heteroatoms. The molecule has 8 nitrogen and oxygen atoms in total. The molecule has 2 aromatic heterocycles. The lowest BCUT2D eigenvalue weighted by Gasteiger charge is -2.39. The summed E-state index contributed by atoms with van der Waals surface area (Å²) in [7, 11) is 1.63. The second kappa shape index (κ2) is 12.7. The first-order chi connectivity index (χ1) is 17.5. The van der Waals surface area contributed by atoms with Crippen LogP contribution in [-0.4, -0.2) is 62.8 Å². The highest BCUT2D eigenvalue weighted by Crippen LogP contribution is 2.35. The number of fused-ring (bicyclic) bond motifs is 1. The maximum absolute atomic E-state index is 11.3. The lowest BCUT2D eigenvalue weighted by Crippen LogP contribution is -2.41. The number of pyridine rings is 1. The number of carbonyl (C=O) groups is 1. The Morgan fingerprint density at radius 1 is 1.19 bits per heavy atom. The van der Waals surface area contributed by atoms with Crippen molar-refractivity contribution in [1.29, 1.82) is 0 Å². The van der Waals surface area contributed by atoms with Crippen molar-refractivity contribution in [2.24, 2.45) is 11.8 Å². The molecule has 0 amide bonds. The van der Waals surface area contributed by atoms with E-state index in [-0.39, 0.29) is 6.42 Å². The van der Waals surface area contributed by atoms with Crippen LogP contribution in [0.2, 0.25) is 0 Å². The summed E-state index contributed by atoms with van der Waals surface area (Å²) in [4.78, 5) is 26.4. The van der Waals surface area contributed by atoms with Crippen molar-refractivity contribution in [1.82, 2.24) is 19.9 Å². The zero-order valence-corrected chi connectivity index (χ0v) is 20.9. The Kier molecular flexibility index (Phi) is 9.19. The summed E-state index contributed by atoms with van der Waals surface area (Å²) >= 11 is 0. The molecule has 4 rings (SSSR count). The molecule has 0 radical (unpaired) electrons. The third-order valence-electron chi connectivity index (χ3n) is 7.41. The summed E-state index contributed by atoms with van der Waals surface area (Å²) in [5.74, 6) is 0.717. The number of hydrogen-bond acceptors (Lipinski definition) is 7. The number of aryl methyl sites for hydroxylation is 1. The molecular formula is C28H36N4O4. The minimum atomic E-state index is -0.743. The maximum atomic E-state index is 11.3. The van der Waals surface area contributed by atoms with Gasteiger partial charge in [0.1, 0.15) is 12.1 Å². The van der Waals surface area contributed by atoms with Crippen LogP contribution >= 0.6 is 0 Å². The summed E-state index contributed by atoms with van der Waals surface area (Å²) in [5.41, 5.74) is 2.84. The number of carboxylic acid groups (broad SMARTS) is 1. The topological polar surface area (TPSA) is 109 Å². The number of aliphatic hydroxyl groups is 1. The van der Waals surface area contributed by atoms with Crippen LogP contribution in [0.25, 0.3) is 10.9 Å². The van der Waals surface area contributed by atoms with E-state index in [1.54, 1.807) is 19.6 Å². The summed E-state index contributed by atoms with van der Waals surface area (Å²) in [5, 5.41) is 21.3. The standard InChI is InChI=1S/C28H36N4O4/c1-36-23-6-7-26-25(15-23)24(10-12-31-26)27(33)8-4-21-11-14-32(18-22(21)5-9-28(34)35)13-2-3-20-16-29-19-30-17-20/h6-7,10,12,15-17,19,21-22,27,33H,2-5,8-9,11,13-14,18H2,1H3,(H,34,35)/t21-,22+,27?/m1/s1. The molecule has 0 bridgehead atoms. The van der Waals surface area contributed by atoms with E-state index in [1.807, 2.05) is 36.7 Å². The normalized spacial score (nSPS) is 19.3. The third kappa shape index (κ3) is 6.98. The van der Waals surface area contributed by atoms with Gasteiger partial charge in [0.05, 0.1) is 18.7 Å². The number of likely N-dealkylation sites (tertiary alicyclic amines) is 1. The van der Waals surface area contributed by atoms with Crippen LogP contribution in [0.3, 0.4) is 0 Å². The Hall–Kier alpha value is -3.10. The van der Waals surface area contributed by atoms with Crippen molar-refractivity contribution < 1.29 is 19.7 Å². The number of carboxylic acids is 1. The zero-order chi connectivity index (χ0) is 25.3. The van der Waals surface area contributed by atoms with Crippen LogP contribution in [0.5, 0.6) is 5.75 Å². The Labute approximate surface area is 212 Å². The van der Waals surface area contributed by atoms with E-state index in [0.717, 1.165) is 73.1 Å². The molecule has 36 heavy (non-hydrogen) atoms. The second-order valence-corrected chi connectivity index (χ2v) is 9.77. The van der Waals surface area contributed by atoms with Crippen molar-refractivity contribution in [3.63, 3.8) is 0 Å². The average molecular weight is 493 g/mol. The van der Waals surface area contributed by atoms with Gasteiger partial charge in [0, 0.05) is 36.9 Å². The number of hydrogen-bond donors (Lipinski definition) is 2. The molecule has 2 N–H and O–H groups in total. The van der Waals surface area contributed by atoms with Crippen LogP contribution in [0, 0.1) is 11.8 Å². The number of rotatable bonds is 12. The number of aliphatic hydroxyl groups excluding tert-OH is 1. The van der Waals surface area contributed by atoms with Gasteiger partial charge in [0.25, 0.3) is 0 Å². The van der Waals surface area contributed by atoms with E-state index in [9.17, 15) is 15.0 Å². The van der Waals surface area contributed by atoms with Gasteiger partial charge in [-0.05, 0) is 98.8 Å². The minimum Gasteiger partial charge on any atom is -0.497 e. The van der Waals surface area contributed by atoms with E-state index >= 15 is 0 Å². The quantitative estimate of drug-likeness (QED) is 0.386. The lowest BCUT2D eigenvalue weighted by atomic mass is 9.79. The number of ether oxygens (including phenoxy) is 1. The Balaban J connectivity index is 1.35. The van der Waals surface area contributed by atoms with E-state index in [2.05, 4.69) is 19.9 Å². The molecule has 1 aliphatic heterocycles. The molecule has 3 atom stereocenters. The van der Waals surface area contributed by atoms with Crippen molar-refractivity contribution in [3.05, 3.63) is 60.3 Å². The lowest BCUT2D eigenvalue weighted by molar-refractivity contribution is -0.137. The third-order valence-corrected chi connectivity index (χ3v) is 7.41. The Morgan fingerprint density at radius 2 is 2.03 bits per heavy atom. The van der Waals surface area contributed by atoms with Crippen LogP contribution in [0.4, 0.5) is 0 Å². The fraction of sp³-hybridized carbons (Fsp3) is 0.500. The highest BCUT2D eigenvalue weighted by atomic mass is 16.5. The largest absolute Gasteiger partial charge is 0.497 e. The summed E-state index contributed by atoms with van der Waals surface area (Å²) in [6.07, 6.45) is 11.8. The van der Waals surface area contributed by atoms with Gasteiger partial charge in [-0.3, -0.25) is 9.78 Å². The van der Waals surface area contributed by atoms with Crippen LogP contribution in [0.15, 0.2) is 49.2 Å². The minimum absolute atomic E-state index is 0.188. The SMILES string of the molecule is COc1ccc2nccc(C(O)CC[C@@H]3CCN(CCCc4cncnc4)C[C@@H]3CCC(=O)O)c2c1. The smallest absolute Gasteiger partial charge is 0.303 e. The van der Waals surface area contributed by atoms with Crippen LogP contribution in [-0.2, 0) is 11.2 Å². The van der Waals surface area contributed by atoms with Gasteiger partial charge in [0.2, 0.25) is 0 Å². The van der Waals surface area contributed by atoms with Gasteiger partial charge in [-0.15, -0.1) is 0 Å². The predicted octanol–water partition coefficient (Wildman–Crippen LogP) is 4.28. The van der Waals surface area contributed by atoms with Gasteiger partial charge < -0.3 is 19.8 Å². The molecule has 1 saturated heterocycles. The van der Waals surface area contributed by atoms with Gasteiger partial charge >= 0.3 is 5.97 Å². The van der Waals surface area contributed by atoms with E-state index in [0.29, 0.717) is 24.7 Å². The fourth-order valence-electron chi connectivity index (χ4n) is 5.43. The number of piperidine rings is 1. The molecule has 1 aromatic carbocycles. The summed E-state index contributed by atoms with van der Waals surface area (Å²) in [6, 6.07) is 7.60. The zero-order valence-electron chi connectivity index (χ0n) is 20.9. The Bertz CT molecular complexity index is 1130. The highest BCUT2D eigenvalue weighted by molar-refractivity contribution is 5.83. The fourth-order valence-corrected chi connectivity index (χ4v) is 5.43. The van der Waals surface area contributed by atoms with Crippen molar-refractivity contribution >= 4 is 16.9 Å². The molecule has 1 unspecified atom stereocenters. The summed E-state index contributed by atoms with van der Waals surface area (Å²) < 4.78 is 5.37. The molecule has 3 heterocycles. The maximum Gasteiger partial charge on any atom is 0.303 e. The van der Waals surface area contributed by atoms with Gasteiger partial charge in [0.15, 0.2) is 0 Å². The number of nitrogens with zero attached hydrogens (tertiary/aromatic N) is 4. The molecule has 1 fully saturated rings. The number of benzene rings is 1. The van der Waals surface area contributed by atoms with Crippen molar-refractivity contribution in [2.45, 2.75) is 51.0 Å². The first kappa shape index (κ1) is 26.0. The van der Waals surface area contributed by atoms with Gasteiger partial charge in [-0.1, -0.05) is 0 Å². The van der Waals surface area contributed by atoms with E-state index in [4.69, 9.17) is 4.74 Å². The molecule has 1 aliphatic rings.